The molecule has 0 saturated heterocycles. The number of aromatic nitrogens is 4. The van der Waals surface area contributed by atoms with Gasteiger partial charge in [-0.1, -0.05) is 36.8 Å². The van der Waals surface area contributed by atoms with Gasteiger partial charge >= 0.3 is 5.69 Å². The van der Waals surface area contributed by atoms with Crippen molar-refractivity contribution in [2.24, 2.45) is 14.1 Å². The summed E-state index contributed by atoms with van der Waals surface area (Å²) in [6, 6.07) is 8.42. The maximum atomic E-state index is 12.1. The standard InChI is InChI=1S/C18H23N5O2/c1-5-23(10-13-8-6-7-12(2)9-13)11-14-19-16-15(21(14)3)17(24)20-18(25)22(16)4/h6-9H,5,10-11H2,1-4H3,(H,20,24,25). The van der Waals surface area contributed by atoms with Gasteiger partial charge in [-0.25, -0.2) is 9.78 Å². The Balaban J connectivity index is 1.95. The molecule has 0 aliphatic heterocycles. The molecule has 2 aromatic heterocycles. The molecule has 0 atom stereocenters. The zero-order valence-electron chi connectivity index (χ0n) is 15.0. The monoisotopic (exact) mass is 341 g/mol. The van der Waals surface area contributed by atoms with E-state index in [1.165, 1.54) is 15.7 Å². The van der Waals surface area contributed by atoms with Crippen molar-refractivity contribution in [2.75, 3.05) is 6.54 Å². The second kappa shape index (κ2) is 6.68. The molecule has 0 aliphatic carbocycles. The molecule has 3 aromatic rings. The van der Waals surface area contributed by atoms with Crippen LogP contribution in [0.2, 0.25) is 0 Å². The minimum absolute atomic E-state index is 0.402. The topological polar surface area (TPSA) is 75.9 Å². The molecule has 0 bridgehead atoms. The lowest BCUT2D eigenvalue weighted by Crippen LogP contribution is -2.29. The van der Waals surface area contributed by atoms with Crippen molar-refractivity contribution >= 4 is 11.2 Å². The Morgan fingerprint density at radius 2 is 1.92 bits per heavy atom. The van der Waals surface area contributed by atoms with Crippen LogP contribution < -0.4 is 11.2 Å². The van der Waals surface area contributed by atoms with Gasteiger partial charge in [0.25, 0.3) is 5.56 Å². The molecule has 2 heterocycles. The number of fused-ring (bicyclic) bond motifs is 1. The largest absolute Gasteiger partial charge is 0.329 e. The average Bonchev–Trinajstić information content (AvgIpc) is 2.89. The van der Waals surface area contributed by atoms with Crippen molar-refractivity contribution in [3.05, 3.63) is 62.1 Å². The molecular formula is C18H23N5O2. The molecule has 0 spiro atoms. The van der Waals surface area contributed by atoms with Gasteiger partial charge in [-0.15, -0.1) is 0 Å². The van der Waals surface area contributed by atoms with Crippen LogP contribution in [0, 0.1) is 6.92 Å². The normalized spacial score (nSPS) is 11.6. The van der Waals surface area contributed by atoms with Crippen LogP contribution in [0.25, 0.3) is 11.2 Å². The number of rotatable bonds is 5. The van der Waals surface area contributed by atoms with E-state index in [1.807, 2.05) is 7.05 Å². The SMILES string of the molecule is CCN(Cc1cccc(C)c1)Cc1nc2c(c(=O)[nH]c(=O)n2C)n1C. The van der Waals surface area contributed by atoms with Crippen LogP contribution in [0.3, 0.4) is 0 Å². The van der Waals surface area contributed by atoms with Gasteiger partial charge in [0.2, 0.25) is 0 Å². The summed E-state index contributed by atoms with van der Waals surface area (Å²) in [5.41, 5.74) is 2.46. The first-order valence-electron chi connectivity index (χ1n) is 8.33. The second-order valence-corrected chi connectivity index (χ2v) is 6.37. The highest BCUT2D eigenvalue weighted by molar-refractivity contribution is 5.70. The number of nitrogens with zero attached hydrogens (tertiary/aromatic N) is 4. The molecule has 0 aliphatic rings. The fourth-order valence-electron chi connectivity index (χ4n) is 3.04. The van der Waals surface area contributed by atoms with Gasteiger partial charge in [-0.2, -0.15) is 0 Å². The van der Waals surface area contributed by atoms with Crippen LogP contribution >= 0.6 is 0 Å². The molecule has 7 nitrogen and oxygen atoms in total. The van der Waals surface area contributed by atoms with Crippen molar-refractivity contribution in [3.63, 3.8) is 0 Å². The van der Waals surface area contributed by atoms with Gasteiger partial charge in [0.1, 0.15) is 5.82 Å². The predicted octanol–water partition coefficient (Wildman–Crippen LogP) is 1.29. The fraction of sp³-hybridized carbons (Fsp3) is 0.389. The number of hydrogen-bond donors (Lipinski definition) is 1. The number of imidazole rings is 1. The Morgan fingerprint density at radius 1 is 1.16 bits per heavy atom. The van der Waals surface area contributed by atoms with Crippen molar-refractivity contribution < 1.29 is 0 Å². The Labute approximate surface area is 145 Å². The van der Waals surface area contributed by atoms with Gasteiger partial charge in [-0.3, -0.25) is 19.2 Å². The first-order valence-corrected chi connectivity index (χ1v) is 8.33. The average molecular weight is 341 g/mol. The maximum Gasteiger partial charge on any atom is 0.329 e. The summed E-state index contributed by atoms with van der Waals surface area (Å²) in [7, 11) is 3.42. The van der Waals surface area contributed by atoms with Gasteiger partial charge in [0.05, 0.1) is 6.54 Å². The molecule has 1 N–H and O–H groups in total. The lowest BCUT2D eigenvalue weighted by Gasteiger charge is -2.20. The van der Waals surface area contributed by atoms with E-state index in [9.17, 15) is 9.59 Å². The number of aromatic amines is 1. The van der Waals surface area contributed by atoms with Crippen molar-refractivity contribution in [1.29, 1.82) is 0 Å². The smallest absolute Gasteiger partial charge is 0.324 e. The van der Waals surface area contributed by atoms with E-state index in [0.717, 1.165) is 18.9 Å². The molecule has 25 heavy (non-hydrogen) atoms. The molecule has 0 fully saturated rings. The van der Waals surface area contributed by atoms with Crippen LogP contribution in [0.1, 0.15) is 23.9 Å². The van der Waals surface area contributed by atoms with Gasteiger partial charge < -0.3 is 4.57 Å². The maximum absolute atomic E-state index is 12.1. The van der Waals surface area contributed by atoms with Crippen LogP contribution in [0.15, 0.2) is 33.9 Å². The first kappa shape index (κ1) is 17.2. The Morgan fingerprint density at radius 3 is 2.60 bits per heavy atom. The van der Waals surface area contributed by atoms with Gasteiger partial charge in [0.15, 0.2) is 11.2 Å². The van der Waals surface area contributed by atoms with E-state index in [-0.39, 0.29) is 0 Å². The number of H-pyrrole nitrogens is 1. The van der Waals surface area contributed by atoms with Crippen molar-refractivity contribution in [2.45, 2.75) is 26.9 Å². The lowest BCUT2D eigenvalue weighted by molar-refractivity contribution is 0.262. The van der Waals surface area contributed by atoms with Crippen molar-refractivity contribution in [3.8, 4) is 0 Å². The summed E-state index contributed by atoms with van der Waals surface area (Å²) >= 11 is 0. The molecular weight excluding hydrogens is 318 g/mol. The molecule has 132 valence electrons. The second-order valence-electron chi connectivity index (χ2n) is 6.37. The number of hydrogen-bond acceptors (Lipinski definition) is 4. The van der Waals surface area contributed by atoms with E-state index in [2.05, 4.69) is 53.0 Å². The van der Waals surface area contributed by atoms with E-state index < -0.39 is 11.2 Å². The molecule has 3 rings (SSSR count). The molecule has 0 amide bonds. The lowest BCUT2D eigenvalue weighted by atomic mass is 10.1. The van der Waals surface area contributed by atoms with E-state index in [1.54, 1.807) is 11.6 Å². The summed E-state index contributed by atoms with van der Waals surface area (Å²) in [5, 5.41) is 0. The predicted molar refractivity (Wildman–Crippen MR) is 97.5 cm³/mol. The van der Waals surface area contributed by atoms with Gasteiger partial charge in [-0.05, 0) is 19.0 Å². The Bertz CT molecular complexity index is 1030. The summed E-state index contributed by atoms with van der Waals surface area (Å²) in [6.45, 7) is 6.44. The molecule has 0 radical (unpaired) electrons. The minimum Gasteiger partial charge on any atom is -0.324 e. The van der Waals surface area contributed by atoms with E-state index >= 15 is 0 Å². The van der Waals surface area contributed by atoms with E-state index in [4.69, 9.17) is 0 Å². The zero-order chi connectivity index (χ0) is 18.1. The highest BCUT2D eigenvalue weighted by Gasteiger charge is 2.16. The molecule has 7 heteroatoms. The van der Waals surface area contributed by atoms with Crippen LogP contribution in [-0.2, 0) is 27.2 Å². The van der Waals surface area contributed by atoms with E-state index in [0.29, 0.717) is 17.7 Å². The summed E-state index contributed by atoms with van der Waals surface area (Å²) in [6.07, 6.45) is 0. The third-order valence-corrected chi connectivity index (χ3v) is 4.53. The zero-order valence-corrected chi connectivity index (χ0v) is 15.0. The third kappa shape index (κ3) is 3.28. The van der Waals surface area contributed by atoms with Crippen LogP contribution in [-0.4, -0.2) is 30.5 Å². The molecule has 0 saturated carbocycles. The fourth-order valence-corrected chi connectivity index (χ4v) is 3.04. The first-order chi connectivity index (χ1) is 11.9. The summed E-state index contributed by atoms with van der Waals surface area (Å²) < 4.78 is 3.14. The Kier molecular flexibility index (Phi) is 4.59. The number of aryl methyl sites for hydroxylation is 3. The van der Waals surface area contributed by atoms with Crippen molar-refractivity contribution in [1.82, 2.24) is 24.0 Å². The van der Waals surface area contributed by atoms with Crippen LogP contribution in [0.4, 0.5) is 0 Å². The summed E-state index contributed by atoms with van der Waals surface area (Å²) in [5.74, 6) is 0.760. The quantitative estimate of drug-likeness (QED) is 0.759. The molecule has 0 unspecified atom stereocenters. The van der Waals surface area contributed by atoms with Gasteiger partial charge in [0, 0.05) is 20.6 Å². The summed E-state index contributed by atoms with van der Waals surface area (Å²) in [4.78, 5) is 33.0. The number of benzene rings is 1. The molecule has 1 aromatic carbocycles. The highest BCUT2D eigenvalue weighted by Crippen LogP contribution is 2.13. The third-order valence-electron chi connectivity index (χ3n) is 4.53. The highest BCUT2D eigenvalue weighted by atomic mass is 16.2. The number of nitrogens with one attached hydrogen (secondary N) is 1. The van der Waals surface area contributed by atoms with Crippen LogP contribution in [0.5, 0.6) is 0 Å². The Hall–Kier alpha value is -2.67. The minimum atomic E-state index is -0.450.